The van der Waals surface area contributed by atoms with Crippen molar-refractivity contribution in [3.8, 4) is 0 Å². The van der Waals surface area contributed by atoms with Gasteiger partial charge in [-0.1, -0.05) is 37.3 Å². The number of hydrogen-bond donors (Lipinski definition) is 0. The molecule has 0 spiro atoms. The summed E-state index contributed by atoms with van der Waals surface area (Å²) in [4.78, 5) is 14.3. The minimum absolute atomic E-state index is 0.000760. The van der Waals surface area contributed by atoms with Crippen LogP contribution in [0.5, 0.6) is 0 Å². The molecule has 1 unspecified atom stereocenters. The van der Waals surface area contributed by atoms with Gasteiger partial charge in [-0.05, 0) is 37.1 Å². The molecule has 2 rings (SSSR count). The van der Waals surface area contributed by atoms with E-state index in [-0.39, 0.29) is 17.5 Å². The third kappa shape index (κ3) is 3.70. The van der Waals surface area contributed by atoms with Gasteiger partial charge >= 0.3 is 0 Å². The van der Waals surface area contributed by atoms with E-state index < -0.39 is 11.6 Å². The fourth-order valence-electron chi connectivity index (χ4n) is 2.22. The second-order valence-corrected chi connectivity index (χ2v) is 5.30. The second-order valence-electron chi connectivity index (χ2n) is 5.30. The van der Waals surface area contributed by atoms with Crippen LogP contribution in [0.2, 0.25) is 0 Å². The minimum atomic E-state index is -1.00. The number of nitrogens with zero attached hydrogens (tertiary/aromatic N) is 1. The zero-order chi connectivity index (χ0) is 16.1. The highest BCUT2D eigenvalue weighted by Gasteiger charge is 2.21. The average Bonchev–Trinajstić information content (AvgIpc) is 2.55. The highest BCUT2D eigenvalue weighted by Crippen LogP contribution is 2.17. The molecule has 0 saturated carbocycles. The first-order chi connectivity index (χ1) is 10.5. The van der Waals surface area contributed by atoms with Crippen molar-refractivity contribution in [3.63, 3.8) is 0 Å². The van der Waals surface area contributed by atoms with Crippen molar-refractivity contribution in [1.82, 2.24) is 4.90 Å². The normalized spacial score (nSPS) is 12.0. The minimum Gasteiger partial charge on any atom is -0.332 e. The van der Waals surface area contributed by atoms with Crippen LogP contribution >= 0.6 is 0 Å². The van der Waals surface area contributed by atoms with Crippen LogP contribution in [0.4, 0.5) is 8.78 Å². The maximum absolute atomic E-state index is 13.4. The zero-order valence-electron chi connectivity index (χ0n) is 12.7. The molecular weight excluding hydrogens is 284 g/mol. The summed E-state index contributed by atoms with van der Waals surface area (Å²) in [5.74, 6) is -2.25. The Balaban J connectivity index is 2.28. The molecule has 0 fully saturated rings. The van der Waals surface area contributed by atoms with Gasteiger partial charge in [0.15, 0.2) is 11.6 Å². The highest BCUT2D eigenvalue weighted by molar-refractivity contribution is 5.94. The SMILES string of the molecule is CCC(C)N(Cc1ccccc1)C(=O)c1ccc(F)c(F)c1. The highest BCUT2D eigenvalue weighted by atomic mass is 19.2. The molecule has 1 amide bonds. The third-order valence-electron chi connectivity index (χ3n) is 3.75. The molecule has 0 aromatic heterocycles. The molecule has 0 N–H and O–H groups in total. The lowest BCUT2D eigenvalue weighted by Crippen LogP contribution is -2.37. The van der Waals surface area contributed by atoms with Crippen molar-refractivity contribution in [3.05, 3.63) is 71.3 Å². The number of benzene rings is 2. The number of amides is 1. The molecule has 2 nitrogen and oxygen atoms in total. The van der Waals surface area contributed by atoms with E-state index in [1.54, 1.807) is 4.90 Å². The van der Waals surface area contributed by atoms with E-state index in [0.29, 0.717) is 6.54 Å². The van der Waals surface area contributed by atoms with Crippen LogP contribution in [0, 0.1) is 11.6 Å². The van der Waals surface area contributed by atoms with Crippen LogP contribution in [0.1, 0.15) is 36.2 Å². The largest absolute Gasteiger partial charge is 0.332 e. The number of carbonyl (C=O) groups excluding carboxylic acids is 1. The first-order valence-corrected chi connectivity index (χ1v) is 7.33. The predicted octanol–water partition coefficient (Wildman–Crippen LogP) is 4.41. The molecule has 1 atom stereocenters. The van der Waals surface area contributed by atoms with Gasteiger partial charge in [0.25, 0.3) is 5.91 Å². The first kappa shape index (κ1) is 16.1. The van der Waals surface area contributed by atoms with Crippen LogP contribution in [-0.2, 0) is 6.54 Å². The van der Waals surface area contributed by atoms with Crippen molar-refractivity contribution in [1.29, 1.82) is 0 Å². The summed E-state index contributed by atoms with van der Waals surface area (Å²) in [6.45, 7) is 4.37. The Hall–Kier alpha value is -2.23. The summed E-state index contributed by atoms with van der Waals surface area (Å²) in [5, 5.41) is 0. The van der Waals surface area contributed by atoms with E-state index in [1.807, 2.05) is 44.2 Å². The number of rotatable bonds is 5. The molecular formula is C18H19F2NO. The van der Waals surface area contributed by atoms with E-state index in [9.17, 15) is 13.6 Å². The molecule has 0 radical (unpaired) electrons. The molecule has 0 heterocycles. The van der Waals surface area contributed by atoms with E-state index in [2.05, 4.69) is 0 Å². The molecule has 22 heavy (non-hydrogen) atoms. The van der Waals surface area contributed by atoms with Gasteiger partial charge in [-0.25, -0.2) is 8.78 Å². The molecule has 0 saturated heterocycles. The lowest BCUT2D eigenvalue weighted by Gasteiger charge is -2.29. The average molecular weight is 303 g/mol. The molecule has 116 valence electrons. The van der Waals surface area contributed by atoms with Crippen LogP contribution in [0.25, 0.3) is 0 Å². The van der Waals surface area contributed by atoms with Gasteiger partial charge in [-0.15, -0.1) is 0 Å². The smallest absolute Gasteiger partial charge is 0.254 e. The Morgan fingerprint density at radius 3 is 2.36 bits per heavy atom. The lowest BCUT2D eigenvalue weighted by molar-refractivity contribution is 0.0671. The Labute approximate surface area is 129 Å². The summed E-state index contributed by atoms with van der Waals surface area (Å²) in [7, 11) is 0. The van der Waals surface area contributed by atoms with Crippen molar-refractivity contribution in [2.24, 2.45) is 0 Å². The summed E-state index contributed by atoms with van der Waals surface area (Å²) in [5.41, 5.74) is 1.16. The van der Waals surface area contributed by atoms with E-state index in [4.69, 9.17) is 0 Å². The van der Waals surface area contributed by atoms with Gasteiger partial charge in [0.2, 0.25) is 0 Å². The fourth-order valence-corrected chi connectivity index (χ4v) is 2.22. The molecule has 0 aliphatic rings. The van der Waals surface area contributed by atoms with Crippen LogP contribution in [0.3, 0.4) is 0 Å². The Bertz CT molecular complexity index is 643. The fraction of sp³-hybridized carbons (Fsp3) is 0.278. The van der Waals surface area contributed by atoms with Crippen LogP contribution < -0.4 is 0 Å². The number of halogens is 2. The standard InChI is InChI=1S/C18H19F2NO/c1-3-13(2)21(12-14-7-5-4-6-8-14)18(22)15-9-10-16(19)17(20)11-15/h4-11,13H,3,12H2,1-2H3. The molecule has 2 aromatic carbocycles. The van der Waals surface area contributed by atoms with E-state index in [1.165, 1.54) is 6.07 Å². The zero-order valence-corrected chi connectivity index (χ0v) is 12.7. The van der Waals surface area contributed by atoms with Crippen LogP contribution in [-0.4, -0.2) is 16.8 Å². The molecule has 0 aliphatic carbocycles. The summed E-state index contributed by atoms with van der Waals surface area (Å²) in [6.07, 6.45) is 0.780. The Kier molecular flexibility index (Phi) is 5.26. The Morgan fingerprint density at radius 2 is 1.77 bits per heavy atom. The van der Waals surface area contributed by atoms with Crippen molar-refractivity contribution < 1.29 is 13.6 Å². The maximum Gasteiger partial charge on any atom is 0.254 e. The van der Waals surface area contributed by atoms with Crippen molar-refractivity contribution in [2.45, 2.75) is 32.9 Å². The molecule has 0 aliphatic heterocycles. The van der Waals surface area contributed by atoms with Crippen molar-refractivity contribution >= 4 is 5.91 Å². The predicted molar refractivity (Wildman–Crippen MR) is 82.4 cm³/mol. The summed E-state index contributed by atoms with van der Waals surface area (Å²) >= 11 is 0. The lowest BCUT2D eigenvalue weighted by atomic mass is 10.1. The van der Waals surface area contributed by atoms with Gasteiger partial charge in [0.05, 0.1) is 0 Å². The van der Waals surface area contributed by atoms with Gasteiger partial charge in [0, 0.05) is 18.2 Å². The monoisotopic (exact) mass is 303 g/mol. The van der Waals surface area contributed by atoms with E-state index in [0.717, 1.165) is 24.1 Å². The molecule has 2 aromatic rings. The first-order valence-electron chi connectivity index (χ1n) is 7.33. The quantitative estimate of drug-likeness (QED) is 0.801. The maximum atomic E-state index is 13.4. The topological polar surface area (TPSA) is 20.3 Å². The number of carbonyl (C=O) groups is 1. The molecule has 4 heteroatoms. The van der Waals surface area contributed by atoms with Crippen molar-refractivity contribution in [2.75, 3.05) is 0 Å². The van der Waals surface area contributed by atoms with Gasteiger partial charge in [0.1, 0.15) is 0 Å². The van der Waals surface area contributed by atoms with Gasteiger partial charge < -0.3 is 4.90 Å². The molecule has 0 bridgehead atoms. The van der Waals surface area contributed by atoms with Gasteiger partial charge in [-0.2, -0.15) is 0 Å². The third-order valence-corrected chi connectivity index (χ3v) is 3.75. The van der Waals surface area contributed by atoms with Crippen LogP contribution in [0.15, 0.2) is 48.5 Å². The second kappa shape index (κ2) is 7.16. The van der Waals surface area contributed by atoms with E-state index >= 15 is 0 Å². The Morgan fingerprint density at radius 1 is 1.09 bits per heavy atom. The summed E-state index contributed by atoms with van der Waals surface area (Å²) in [6, 6.07) is 12.9. The van der Waals surface area contributed by atoms with Gasteiger partial charge in [-0.3, -0.25) is 4.79 Å². The number of hydrogen-bond acceptors (Lipinski definition) is 1. The summed E-state index contributed by atoms with van der Waals surface area (Å²) < 4.78 is 26.4.